The Balaban J connectivity index is 1.18. The maximum Gasteiger partial charge on any atom is 0.262 e. The van der Waals surface area contributed by atoms with E-state index in [1.54, 1.807) is 38.5 Å². The number of fused-ring (bicyclic) bond motifs is 4. The number of aryl methyl sites for hydroxylation is 1. The fourth-order valence-corrected chi connectivity index (χ4v) is 6.76. The lowest BCUT2D eigenvalue weighted by Crippen LogP contribution is -2.42. The van der Waals surface area contributed by atoms with Gasteiger partial charge in [0, 0.05) is 11.3 Å². The number of carbonyl (C=O) groups is 1. The maximum absolute atomic E-state index is 12.8. The van der Waals surface area contributed by atoms with Crippen LogP contribution in [0.3, 0.4) is 0 Å². The van der Waals surface area contributed by atoms with Gasteiger partial charge < -0.3 is 24.4 Å². The molecule has 254 valence electrons. The van der Waals surface area contributed by atoms with Gasteiger partial charge in [0.1, 0.15) is 5.75 Å². The van der Waals surface area contributed by atoms with Gasteiger partial charge in [-0.25, -0.2) is 4.68 Å². The average molecular weight is 677 g/mol. The Kier molecular flexibility index (Phi) is 8.33. The molecule has 2 aliphatic heterocycles. The second kappa shape index (κ2) is 13.4. The highest BCUT2D eigenvalue weighted by atomic mass is 16.5. The SMILES string of the molecule is COc1ccc(NC(=O)COc2ccc([C@H]3c4c(C)nn(-c5ccccc5)c4N=C4N(Cc5ccccc5)c5ccccc5N43)cc2OC)cc1. The highest BCUT2D eigenvalue weighted by molar-refractivity contribution is 6.18. The summed E-state index contributed by atoms with van der Waals surface area (Å²) in [5.74, 6) is 2.97. The van der Waals surface area contributed by atoms with Crippen LogP contribution in [0.5, 0.6) is 17.2 Å². The van der Waals surface area contributed by atoms with Gasteiger partial charge in [-0.15, -0.1) is 0 Å². The minimum Gasteiger partial charge on any atom is -0.497 e. The van der Waals surface area contributed by atoms with Crippen molar-refractivity contribution in [2.75, 3.05) is 35.9 Å². The summed E-state index contributed by atoms with van der Waals surface area (Å²) in [5.41, 5.74) is 7.69. The van der Waals surface area contributed by atoms with E-state index in [1.807, 2.05) is 66.2 Å². The minimum absolute atomic E-state index is 0.191. The minimum atomic E-state index is -0.298. The Morgan fingerprint density at radius 3 is 2.22 bits per heavy atom. The van der Waals surface area contributed by atoms with Gasteiger partial charge in [0.25, 0.3) is 5.91 Å². The van der Waals surface area contributed by atoms with Crippen LogP contribution in [0.4, 0.5) is 22.9 Å². The van der Waals surface area contributed by atoms with Crippen LogP contribution in [0.1, 0.15) is 28.4 Å². The first kappa shape index (κ1) is 31.7. The molecule has 8 rings (SSSR count). The van der Waals surface area contributed by atoms with Crippen LogP contribution in [0.2, 0.25) is 0 Å². The third-order valence-corrected chi connectivity index (χ3v) is 9.13. The highest BCUT2D eigenvalue weighted by Gasteiger charge is 2.44. The molecule has 0 saturated carbocycles. The van der Waals surface area contributed by atoms with E-state index < -0.39 is 0 Å². The van der Waals surface area contributed by atoms with E-state index in [-0.39, 0.29) is 18.6 Å². The van der Waals surface area contributed by atoms with Gasteiger partial charge in [-0.2, -0.15) is 10.1 Å². The summed E-state index contributed by atoms with van der Waals surface area (Å²) in [6.45, 7) is 2.48. The molecule has 1 aromatic heterocycles. The standard InChI is InChI=1S/C41H36N6O4/c1-27-38-39(29-18-23-35(36(24-29)50-3)51-26-37(48)42-30-19-21-32(49-2)22-20-30)46-34-17-11-10-16-33(34)45(25-28-12-6-4-7-13-28)41(46)43-40(38)47(44-27)31-14-8-5-9-15-31/h4-24,39H,25-26H2,1-3H3,(H,42,48)/t39-/m0/s1. The molecule has 1 amide bonds. The molecule has 51 heavy (non-hydrogen) atoms. The summed E-state index contributed by atoms with van der Waals surface area (Å²) < 4.78 is 19.0. The number of ether oxygens (including phenoxy) is 3. The van der Waals surface area contributed by atoms with Gasteiger partial charge in [0.2, 0.25) is 5.96 Å². The van der Waals surface area contributed by atoms with Gasteiger partial charge in [-0.3, -0.25) is 9.69 Å². The van der Waals surface area contributed by atoms with Crippen LogP contribution in [0, 0.1) is 6.92 Å². The molecule has 0 bridgehead atoms. The number of nitrogens with zero attached hydrogens (tertiary/aromatic N) is 5. The van der Waals surface area contributed by atoms with E-state index in [2.05, 4.69) is 63.6 Å². The first-order chi connectivity index (χ1) is 25.0. The smallest absolute Gasteiger partial charge is 0.262 e. The second-order valence-corrected chi connectivity index (χ2v) is 12.3. The number of amides is 1. The van der Waals surface area contributed by atoms with Crippen molar-refractivity contribution < 1.29 is 19.0 Å². The van der Waals surface area contributed by atoms with Gasteiger partial charge >= 0.3 is 0 Å². The summed E-state index contributed by atoms with van der Waals surface area (Å²) in [4.78, 5) is 22.8. The molecular weight excluding hydrogens is 640 g/mol. The van der Waals surface area contributed by atoms with Gasteiger partial charge in [-0.05, 0) is 78.7 Å². The van der Waals surface area contributed by atoms with E-state index in [9.17, 15) is 4.79 Å². The molecule has 0 fully saturated rings. The Labute approximate surface area is 296 Å². The van der Waals surface area contributed by atoms with E-state index in [0.717, 1.165) is 45.7 Å². The third-order valence-electron chi connectivity index (χ3n) is 9.13. The topological polar surface area (TPSA) is 93.4 Å². The number of carbonyl (C=O) groups excluding carboxylic acids is 1. The Hall–Kier alpha value is -6.55. The molecule has 1 atom stereocenters. The number of para-hydroxylation sites is 3. The number of hydrogen-bond acceptors (Lipinski definition) is 8. The number of hydrogen-bond donors (Lipinski definition) is 1. The maximum atomic E-state index is 12.8. The van der Waals surface area contributed by atoms with Crippen molar-refractivity contribution in [3.8, 4) is 22.9 Å². The Morgan fingerprint density at radius 1 is 0.784 bits per heavy atom. The number of rotatable bonds is 10. The Morgan fingerprint density at radius 2 is 1.49 bits per heavy atom. The number of benzene rings is 5. The zero-order valence-corrected chi connectivity index (χ0v) is 28.5. The van der Waals surface area contributed by atoms with Crippen molar-refractivity contribution >= 4 is 34.7 Å². The highest BCUT2D eigenvalue weighted by Crippen LogP contribution is 2.51. The zero-order valence-electron chi connectivity index (χ0n) is 28.5. The van der Waals surface area contributed by atoms with Crippen molar-refractivity contribution in [1.29, 1.82) is 0 Å². The molecule has 1 N–H and O–H groups in total. The van der Waals surface area contributed by atoms with Crippen molar-refractivity contribution in [1.82, 2.24) is 9.78 Å². The van der Waals surface area contributed by atoms with Crippen molar-refractivity contribution in [3.63, 3.8) is 0 Å². The van der Waals surface area contributed by atoms with Crippen LogP contribution in [-0.4, -0.2) is 42.5 Å². The number of nitrogens with one attached hydrogen (secondary N) is 1. The molecule has 3 heterocycles. The molecule has 10 nitrogen and oxygen atoms in total. The molecule has 0 spiro atoms. The number of methoxy groups -OCH3 is 2. The zero-order chi connectivity index (χ0) is 34.9. The largest absolute Gasteiger partial charge is 0.497 e. The summed E-state index contributed by atoms with van der Waals surface area (Å²) in [6, 6.07) is 41.6. The van der Waals surface area contributed by atoms with Crippen molar-refractivity contribution in [2.24, 2.45) is 4.99 Å². The number of guanidine groups is 1. The lowest BCUT2D eigenvalue weighted by atomic mass is 9.95. The van der Waals surface area contributed by atoms with Gasteiger partial charge in [0.05, 0.1) is 49.6 Å². The summed E-state index contributed by atoms with van der Waals surface area (Å²) >= 11 is 0. The fourth-order valence-electron chi connectivity index (χ4n) is 6.76. The molecule has 0 aliphatic carbocycles. The van der Waals surface area contributed by atoms with Crippen molar-refractivity contribution in [2.45, 2.75) is 19.5 Å². The first-order valence-corrected chi connectivity index (χ1v) is 16.7. The molecule has 0 radical (unpaired) electrons. The lowest BCUT2D eigenvalue weighted by molar-refractivity contribution is -0.118. The lowest BCUT2D eigenvalue weighted by Gasteiger charge is -2.35. The number of aliphatic imine (C=N–C) groups is 1. The molecule has 6 aromatic rings. The van der Waals surface area contributed by atoms with Crippen molar-refractivity contribution in [3.05, 3.63) is 150 Å². The molecule has 5 aromatic carbocycles. The summed E-state index contributed by atoms with van der Waals surface area (Å²) in [6.07, 6.45) is 0. The van der Waals surface area contributed by atoms with Crippen LogP contribution >= 0.6 is 0 Å². The first-order valence-electron chi connectivity index (χ1n) is 16.7. The monoisotopic (exact) mass is 676 g/mol. The second-order valence-electron chi connectivity index (χ2n) is 12.3. The fraction of sp³-hybridized carbons (Fsp3) is 0.146. The molecule has 10 heteroatoms. The average Bonchev–Trinajstić information content (AvgIpc) is 3.68. The molecular formula is C41H36N6O4. The molecule has 2 aliphatic rings. The van der Waals surface area contributed by atoms with Gasteiger partial charge in [-0.1, -0.05) is 66.7 Å². The van der Waals surface area contributed by atoms with E-state index in [4.69, 9.17) is 24.3 Å². The molecule has 0 unspecified atom stereocenters. The third kappa shape index (κ3) is 5.90. The number of anilines is 3. The summed E-state index contributed by atoms with van der Waals surface area (Å²) in [5, 5.41) is 7.90. The Bertz CT molecular complexity index is 2230. The van der Waals surface area contributed by atoms with Crippen LogP contribution in [0.15, 0.2) is 132 Å². The number of aromatic nitrogens is 2. The molecule has 0 saturated heterocycles. The van der Waals surface area contributed by atoms with E-state index in [0.29, 0.717) is 29.5 Å². The summed E-state index contributed by atoms with van der Waals surface area (Å²) in [7, 11) is 3.21. The normalized spacial score (nSPS) is 14.3. The van der Waals surface area contributed by atoms with E-state index in [1.165, 1.54) is 5.56 Å². The quantitative estimate of drug-likeness (QED) is 0.158. The predicted octanol–water partition coefficient (Wildman–Crippen LogP) is 7.83. The van der Waals surface area contributed by atoms with E-state index >= 15 is 0 Å². The van der Waals surface area contributed by atoms with Crippen LogP contribution in [-0.2, 0) is 11.3 Å². The van der Waals surface area contributed by atoms with Crippen LogP contribution in [0.25, 0.3) is 5.69 Å². The van der Waals surface area contributed by atoms with Crippen LogP contribution < -0.4 is 29.3 Å². The van der Waals surface area contributed by atoms with Gasteiger partial charge in [0.15, 0.2) is 23.9 Å². The predicted molar refractivity (Wildman–Crippen MR) is 199 cm³/mol.